The van der Waals surface area contributed by atoms with Gasteiger partial charge in [-0.15, -0.1) is 0 Å². The molecule has 22 heavy (non-hydrogen) atoms. The van der Waals surface area contributed by atoms with E-state index in [2.05, 4.69) is 22.0 Å². The van der Waals surface area contributed by atoms with Crippen LogP contribution in [0.15, 0.2) is 18.5 Å². The highest BCUT2D eigenvalue weighted by atomic mass is 35.5. The van der Waals surface area contributed by atoms with Crippen LogP contribution in [0.1, 0.15) is 11.3 Å². The van der Waals surface area contributed by atoms with Crippen molar-refractivity contribution >= 4 is 34.1 Å². The Bertz CT molecular complexity index is 892. The molecule has 3 aromatic rings. The molecular formula is C16H16Cl2N4. The average molecular weight is 335 g/mol. The molecule has 2 aromatic heterocycles. The van der Waals surface area contributed by atoms with Crippen LogP contribution in [0.3, 0.4) is 0 Å². The van der Waals surface area contributed by atoms with Gasteiger partial charge in [0.05, 0.1) is 21.8 Å². The first kappa shape index (κ1) is 14.1. The first-order chi connectivity index (χ1) is 10.6. The Balaban J connectivity index is 2.15. The Labute approximate surface area is 138 Å². The van der Waals surface area contributed by atoms with Crippen molar-refractivity contribution in [1.29, 1.82) is 0 Å². The maximum atomic E-state index is 6.52. The van der Waals surface area contributed by atoms with Crippen molar-refractivity contribution in [3.8, 4) is 11.1 Å². The Hall–Kier alpha value is -1.49. The normalized spacial score (nSPS) is 14.5. The summed E-state index contributed by atoms with van der Waals surface area (Å²) in [6.07, 6.45) is 4.88. The zero-order valence-corrected chi connectivity index (χ0v) is 14.0. The molecule has 114 valence electrons. The molecule has 4 nitrogen and oxygen atoms in total. The maximum absolute atomic E-state index is 6.52. The third-order valence-electron chi connectivity index (χ3n) is 4.44. The minimum Gasteiger partial charge on any atom is -0.346 e. The van der Waals surface area contributed by atoms with Crippen LogP contribution < -0.4 is 5.32 Å². The highest BCUT2D eigenvalue weighted by molar-refractivity contribution is 6.45. The van der Waals surface area contributed by atoms with Gasteiger partial charge in [-0.3, -0.25) is 4.68 Å². The number of rotatable bonds is 1. The molecule has 0 radical (unpaired) electrons. The standard InChI is InChI=1S/C16H16Cl2N4/c1-21-8-9(6-20-21)10-5-12(17)15(18)16-14(10)11-7-19-4-3-13(11)22(16)2/h5-6,8,19H,3-4,7H2,1-2H3. The zero-order valence-electron chi connectivity index (χ0n) is 12.5. The van der Waals surface area contributed by atoms with Crippen molar-refractivity contribution in [3.63, 3.8) is 0 Å². The second kappa shape index (κ2) is 5.01. The average Bonchev–Trinajstić information content (AvgIpc) is 3.06. The fraction of sp³-hybridized carbons (Fsp3) is 0.312. The number of benzene rings is 1. The third kappa shape index (κ3) is 1.91. The van der Waals surface area contributed by atoms with E-state index >= 15 is 0 Å². The molecule has 0 unspecified atom stereocenters. The van der Waals surface area contributed by atoms with E-state index in [4.69, 9.17) is 23.2 Å². The van der Waals surface area contributed by atoms with Crippen molar-refractivity contribution in [2.24, 2.45) is 14.1 Å². The van der Waals surface area contributed by atoms with E-state index in [-0.39, 0.29) is 0 Å². The van der Waals surface area contributed by atoms with E-state index in [1.165, 1.54) is 16.6 Å². The fourth-order valence-electron chi connectivity index (χ4n) is 3.43. The largest absolute Gasteiger partial charge is 0.346 e. The molecule has 0 bridgehead atoms. The number of aryl methyl sites for hydroxylation is 2. The van der Waals surface area contributed by atoms with Crippen molar-refractivity contribution in [2.75, 3.05) is 6.54 Å². The van der Waals surface area contributed by atoms with Crippen molar-refractivity contribution in [2.45, 2.75) is 13.0 Å². The number of nitrogens with one attached hydrogen (secondary N) is 1. The molecule has 3 heterocycles. The number of halogens is 2. The van der Waals surface area contributed by atoms with Gasteiger partial charge >= 0.3 is 0 Å². The van der Waals surface area contributed by atoms with Crippen molar-refractivity contribution < 1.29 is 0 Å². The van der Waals surface area contributed by atoms with Crippen LogP contribution in [0.4, 0.5) is 0 Å². The summed E-state index contributed by atoms with van der Waals surface area (Å²) >= 11 is 12.9. The first-order valence-electron chi connectivity index (χ1n) is 7.25. The molecule has 1 N–H and O–H groups in total. The number of hydrogen-bond donors (Lipinski definition) is 1. The van der Waals surface area contributed by atoms with Crippen LogP contribution in [-0.2, 0) is 27.1 Å². The Morgan fingerprint density at radius 3 is 2.82 bits per heavy atom. The summed E-state index contributed by atoms with van der Waals surface area (Å²) in [6.45, 7) is 1.85. The van der Waals surface area contributed by atoms with Gasteiger partial charge in [-0.2, -0.15) is 5.10 Å². The molecule has 0 spiro atoms. The molecule has 1 aliphatic heterocycles. The minimum absolute atomic E-state index is 0.582. The van der Waals surface area contributed by atoms with Crippen molar-refractivity contribution in [3.05, 3.63) is 39.8 Å². The lowest BCUT2D eigenvalue weighted by atomic mass is 9.98. The van der Waals surface area contributed by atoms with E-state index in [1.54, 1.807) is 4.68 Å². The van der Waals surface area contributed by atoms with Gasteiger partial charge in [-0.25, -0.2) is 0 Å². The summed E-state index contributed by atoms with van der Waals surface area (Å²) in [5, 5.41) is 10.1. The minimum atomic E-state index is 0.582. The summed E-state index contributed by atoms with van der Waals surface area (Å²) in [5.41, 5.74) is 5.83. The van der Waals surface area contributed by atoms with E-state index in [0.717, 1.165) is 36.2 Å². The lowest BCUT2D eigenvalue weighted by Crippen LogP contribution is -2.24. The fourth-order valence-corrected chi connectivity index (χ4v) is 3.91. The molecular weight excluding hydrogens is 319 g/mol. The van der Waals surface area contributed by atoms with Gasteiger partial charge in [0.1, 0.15) is 0 Å². The Morgan fingerprint density at radius 2 is 2.09 bits per heavy atom. The van der Waals surface area contributed by atoms with Crippen LogP contribution in [-0.4, -0.2) is 20.9 Å². The molecule has 0 atom stereocenters. The topological polar surface area (TPSA) is 34.8 Å². The number of fused-ring (bicyclic) bond motifs is 3. The molecule has 1 aromatic carbocycles. The van der Waals surface area contributed by atoms with Crippen LogP contribution in [0.2, 0.25) is 10.0 Å². The Morgan fingerprint density at radius 1 is 1.27 bits per heavy atom. The summed E-state index contributed by atoms with van der Waals surface area (Å²) in [4.78, 5) is 0. The second-order valence-corrected chi connectivity index (χ2v) is 6.54. The number of hydrogen-bond acceptors (Lipinski definition) is 2. The molecule has 4 rings (SSSR count). The quantitative estimate of drug-likeness (QED) is 0.738. The van der Waals surface area contributed by atoms with Crippen LogP contribution in [0.5, 0.6) is 0 Å². The molecule has 0 fully saturated rings. The molecule has 0 amide bonds. The van der Waals surface area contributed by atoms with Gasteiger partial charge in [0.25, 0.3) is 0 Å². The van der Waals surface area contributed by atoms with E-state index < -0.39 is 0 Å². The zero-order chi connectivity index (χ0) is 15.4. The summed E-state index contributed by atoms with van der Waals surface area (Å²) in [5.74, 6) is 0. The Kier molecular flexibility index (Phi) is 3.22. The van der Waals surface area contributed by atoms with Gasteiger partial charge in [-0.05, 0) is 17.2 Å². The molecule has 0 saturated carbocycles. The first-order valence-corrected chi connectivity index (χ1v) is 8.01. The van der Waals surface area contributed by atoms with Gasteiger partial charge in [0.15, 0.2) is 0 Å². The van der Waals surface area contributed by atoms with Gasteiger partial charge < -0.3 is 9.88 Å². The summed E-state index contributed by atoms with van der Waals surface area (Å²) < 4.78 is 4.00. The molecule has 6 heteroatoms. The molecule has 0 aliphatic carbocycles. The highest BCUT2D eigenvalue weighted by Crippen LogP contribution is 2.42. The summed E-state index contributed by atoms with van der Waals surface area (Å²) in [7, 11) is 3.99. The number of aromatic nitrogens is 3. The summed E-state index contributed by atoms with van der Waals surface area (Å²) in [6, 6.07) is 1.96. The lowest BCUT2D eigenvalue weighted by Gasteiger charge is -2.15. The van der Waals surface area contributed by atoms with E-state index in [0.29, 0.717) is 10.0 Å². The lowest BCUT2D eigenvalue weighted by molar-refractivity contribution is 0.622. The number of nitrogens with zero attached hydrogens (tertiary/aromatic N) is 3. The van der Waals surface area contributed by atoms with Crippen LogP contribution in [0, 0.1) is 0 Å². The van der Waals surface area contributed by atoms with Gasteiger partial charge in [0, 0.05) is 56.4 Å². The van der Waals surface area contributed by atoms with Crippen LogP contribution in [0.25, 0.3) is 22.0 Å². The maximum Gasteiger partial charge on any atom is 0.0835 e. The predicted octanol–water partition coefficient (Wildman–Crippen LogP) is 3.53. The van der Waals surface area contributed by atoms with E-state index in [1.807, 2.05) is 25.5 Å². The van der Waals surface area contributed by atoms with Crippen LogP contribution >= 0.6 is 23.2 Å². The predicted molar refractivity (Wildman–Crippen MR) is 90.6 cm³/mol. The molecule has 0 saturated heterocycles. The van der Waals surface area contributed by atoms with E-state index in [9.17, 15) is 0 Å². The van der Waals surface area contributed by atoms with Gasteiger partial charge in [-0.1, -0.05) is 23.2 Å². The van der Waals surface area contributed by atoms with Gasteiger partial charge in [0.2, 0.25) is 0 Å². The SMILES string of the molecule is Cn1cc(-c2cc(Cl)c(Cl)c3c2c2c(n3C)CCNC2)cn1. The third-order valence-corrected chi connectivity index (χ3v) is 5.22. The van der Waals surface area contributed by atoms with Crippen molar-refractivity contribution in [1.82, 2.24) is 19.7 Å². The smallest absolute Gasteiger partial charge is 0.0835 e. The second-order valence-electron chi connectivity index (χ2n) is 5.76. The molecule has 1 aliphatic rings. The highest BCUT2D eigenvalue weighted by Gasteiger charge is 2.24. The monoisotopic (exact) mass is 334 g/mol.